The van der Waals surface area contributed by atoms with Crippen molar-refractivity contribution in [2.45, 2.75) is 9.79 Å². The minimum Gasteiger partial charge on any atom is -0.211 e. The molecule has 77 valence electrons. The van der Waals surface area contributed by atoms with Crippen molar-refractivity contribution in [3.63, 3.8) is 0 Å². The van der Waals surface area contributed by atoms with Gasteiger partial charge in [0.2, 0.25) is 6.08 Å². The van der Waals surface area contributed by atoms with E-state index in [-0.39, 0.29) is 0 Å². The van der Waals surface area contributed by atoms with Crippen LogP contribution in [0.3, 0.4) is 0 Å². The second-order valence-corrected chi connectivity index (χ2v) is 4.18. The van der Waals surface area contributed by atoms with Crippen molar-refractivity contribution in [3.05, 3.63) is 54.6 Å². The summed E-state index contributed by atoms with van der Waals surface area (Å²) < 4.78 is 0. The first-order valence-corrected chi connectivity index (χ1v) is 5.52. The van der Waals surface area contributed by atoms with Gasteiger partial charge < -0.3 is 0 Å². The highest BCUT2D eigenvalue weighted by molar-refractivity contribution is 7.99. The van der Waals surface area contributed by atoms with Gasteiger partial charge in [-0.1, -0.05) is 23.9 Å². The smallest absolute Gasteiger partial charge is 0.211 e. The van der Waals surface area contributed by atoms with Gasteiger partial charge in [-0.25, -0.2) is 4.79 Å². The van der Waals surface area contributed by atoms with Crippen molar-refractivity contribution in [2.75, 3.05) is 0 Å². The lowest BCUT2D eigenvalue weighted by Crippen LogP contribution is -1.72. The van der Waals surface area contributed by atoms with Gasteiger partial charge in [-0.3, -0.25) is 0 Å². The Morgan fingerprint density at radius 2 is 1.62 bits per heavy atom. The number of carbonyl (C=O) groups excluding carboxylic acids is 1. The van der Waals surface area contributed by atoms with Gasteiger partial charge in [0.25, 0.3) is 0 Å². The minimum atomic E-state index is 0.626. The summed E-state index contributed by atoms with van der Waals surface area (Å²) in [5, 5.41) is 0. The third-order valence-corrected chi connectivity index (χ3v) is 2.95. The summed E-state index contributed by atoms with van der Waals surface area (Å²) in [7, 11) is 0. The Morgan fingerprint density at radius 1 is 1.00 bits per heavy atom. The maximum absolute atomic E-state index is 10.0. The van der Waals surface area contributed by atoms with Crippen molar-refractivity contribution in [1.29, 1.82) is 0 Å². The Kier molecular flexibility index (Phi) is 3.54. The molecule has 0 saturated carbocycles. The molecule has 0 N–H and O–H groups in total. The van der Waals surface area contributed by atoms with Gasteiger partial charge in [0.05, 0.1) is 5.69 Å². The Morgan fingerprint density at radius 3 is 2.25 bits per heavy atom. The lowest BCUT2D eigenvalue weighted by Gasteiger charge is -2.00. The molecule has 0 aliphatic rings. The van der Waals surface area contributed by atoms with E-state index < -0.39 is 0 Å². The molecule has 0 aromatic heterocycles. The first kappa shape index (κ1) is 10.7. The fourth-order valence-electron chi connectivity index (χ4n) is 1.22. The van der Waals surface area contributed by atoms with Crippen LogP contribution in [0.4, 0.5) is 5.69 Å². The number of nitrogens with zero attached hydrogens (tertiary/aromatic N) is 1. The molecular formula is C13H8NOS. The Hall–Kier alpha value is -1.83. The monoisotopic (exact) mass is 226 g/mol. The third kappa shape index (κ3) is 2.83. The zero-order valence-corrected chi connectivity index (χ0v) is 9.20. The Labute approximate surface area is 98.0 Å². The number of hydrogen-bond donors (Lipinski definition) is 0. The van der Waals surface area contributed by atoms with E-state index in [4.69, 9.17) is 0 Å². The molecule has 0 aliphatic heterocycles. The first-order chi connectivity index (χ1) is 7.88. The number of isocyanates is 1. The zero-order valence-electron chi connectivity index (χ0n) is 8.38. The van der Waals surface area contributed by atoms with E-state index in [1.165, 1.54) is 6.08 Å². The zero-order chi connectivity index (χ0) is 11.2. The molecule has 0 aliphatic carbocycles. The fraction of sp³-hybridized carbons (Fsp3) is 0. The first-order valence-electron chi connectivity index (χ1n) is 4.70. The lowest BCUT2D eigenvalue weighted by atomic mass is 10.3. The van der Waals surface area contributed by atoms with E-state index in [9.17, 15) is 4.79 Å². The third-order valence-electron chi connectivity index (χ3n) is 1.93. The summed E-state index contributed by atoms with van der Waals surface area (Å²) in [4.78, 5) is 15.9. The molecule has 16 heavy (non-hydrogen) atoms. The second-order valence-electron chi connectivity index (χ2n) is 3.03. The SMILES string of the molecule is O=C=Nc1ccc(Sc2cc[c]cc2)cc1. The molecule has 2 nitrogen and oxygen atoms in total. The summed E-state index contributed by atoms with van der Waals surface area (Å²) in [6.07, 6.45) is 1.52. The van der Waals surface area contributed by atoms with Crippen LogP contribution in [0.25, 0.3) is 0 Å². The molecule has 0 amide bonds. The van der Waals surface area contributed by atoms with Crippen molar-refractivity contribution in [1.82, 2.24) is 0 Å². The van der Waals surface area contributed by atoms with Crippen LogP contribution in [0.1, 0.15) is 0 Å². The predicted molar refractivity (Wildman–Crippen MR) is 63.6 cm³/mol. The average molecular weight is 226 g/mol. The molecule has 3 heteroatoms. The van der Waals surface area contributed by atoms with Crippen molar-refractivity contribution < 1.29 is 4.79 Å². The molecule has 0 atom stereocenters. The van der Waals surface area contributed by atoms with E-state index in [0.717, 1.165) is 9.79 Å². The number of benzene rings is 2. The Bertz CT molecular complexity index is 501. The van der Waals surface area contributed by atoms with Gasteiger partial charge in [-0.15, -0.1) is 0 Å². The summed E-state index contributed by atoms with van der Waals surface area (Å²) in [6.45, 7) is 0. The minimum absolute atomic E-state index is 0.626. The molecule has 0 saturated heterocycles. The standard InChI is InChI=1S/C13H8NOS/c15-10-14-11-6-8-13(9-7-11)16-12-4-2-1-3-5-12/h2-9H. The fourth-order valence-corrected chi connectivity index (χ4v) is 2.03. The van der Waals surface area contributed by atoms with Gasteiger partial charge in [-0.2, -0.15) is 4.99 Å². The summed E-state index contributed by atoms with van der Waals surface area (Å²) in [5.74, 6) is 0. The van der Waals surface area contributed by atoms with Crippen molar-refractivity contribution >= 4 is 23.5 Å². The normalized spacial score (nSPS) is 9.50. The summed E-state index contributed by atoms with van der Waals surface area (Å²) in [6, 6.07) is 18.2. The van der Waals surface area contributed by atoms with Gasteiger partial charge in [-0.05, 0) is 42.5 Å². The molecule has 0 heterocycles. The van der Waals surface area contributed by atoms with Crippen LogP contribution in [-0.2, 0) is 4.79 Å². The molecule has 0 spiro atoms. The van der Waals surface area contributed by atoms with Gasteiger partial charge in [0.1, 0.15) is 0 Å². The van der Waals surface area contributed by atoms with E-state index in [2.05, 4.69) is 11.1 Å². The molecule has 0 fully saturated rings. The maximum atomic E-state index is 10.0. The van der Waals surface area contributed by atoms with Crippen molar-refractivity contribution in [3.8, 4) is 0 Å². The molecule has 2 aromatic rings. The summed E-state index contributed by atoms with van der Waals surface area (Å²) in [5.41, 5.74) is 0.626. The highest BCUT2D eigenvalue weighted by Crippen LogP contribution is 2.28. The largest absolute Gasteiger partial charge is 0.240 e. The predicted octanol–water partition coefficient (Wildman–Crippen LogP) is 3.61. The van der Waals surface area contributed by atoms with Gasteiger partial charge in [0, 0.05) is 9.79 Å². The molecule has 2 rings (SSSR count). The lowest BCUT2D eigenvalue weighted by molar-refractivity contribution is 0.565. The highest BCUT2D eigenvalue weighted by Gasteiger charge is 1.96. The Balaban J connectivity index is 2.14. The van der Waals surface area contributed by atoms with E-state index in [0.29, 0.717) is 5.69 Å². The highest BCUT2D eigenvalue weighted by atomic mass is 32.2. The van der Waals surface area contributed by atoms with Crippen molar-refractivity contribution in [2.24, 2.45) is 4.99 Å². The maximum Gasteiger partial charge on any atom is 0.240 e. The van der Waals surface area contributed by atoms with Gasteiger partial charge in [0.15, 0.2) is 0 Å². The van der Waals surface area contributed by atoms with Crippen LogP contribution in [0.15, 0.2) is 63.3 Å². The quantitative estimate of drug-likeness (QED) is 0.591. The van der Waals surface area contributed by atoms with Crippen LogP contribution < -0.4 is 0 Å². The van der Waals surface area contributed by atoms with Crippen LogP contribution in [0, 0.1) is 6.07 Å². The van der Waals surface area contributed by atoms with E-state index in [1.54, 1.807) is 23.9 Å². The van der Waals surface area contributed by atoms with Crippen LogP contribution in [0.5, 0.6) is 0 Å². The number of rotatable bonds is 3. The molecule has 0 bridgehead atoms. The molecule has 2 aromatic carbocycles. The summed E-state index contributed by atoms with van der Waals surface area (Å²) >= 11 is 1.65. The molecular weight excluding hydrogens is 218 g/mol. The van der Waals surface area contributed by atoms with Crippen LogP contribution in [-0.4, -0.2) is 6.08 Å². The van der Waals surface area contributed by atoms with E-state index in [1.807, 2.05) is 36.4 Å². The average Bonchev–Trinajstić information content (AvgIpc) is 2.33. The molecule has 0 unspecified atom stereocenters. The second kappa shape index (κ2) is 5.31. The molecule has 1 radical (unpaired) electrons. The van der Waals surface area contributed by atoms with Crippen LogP contribution in [0.2, 0.25) is 0 Å². The number of hydrogen-bond acceptors (Lipinski definition) is 3. The van der Waals surface area contributed by atoms with E-state index >= 15 is 0 Å². The number of aliphatic imine (C=N–C) groups is 1. The topological polar surface area (TPSA) is 29.4 Å². The van der Waals surface area contributed by atoms with Gasteiger partial charge >= 0.3 is 0 Å². The van der Waals surface area contributed by atoms with Crippen LogP contribution >= 0.6 is 11.8 Å².